The fraction of sp³-hybridized carbons (Fsp3) is 0.818. The van der Waals surface area contributed by atoms with Gasteiger partial charge in [-0.25, -0.2) is 0 Å². The zero-order valence-electron chi connectivity index (χ0n) is 9.39. The molecule has 0 aromatic rings. The second-order valence-corrected chi connectivity index (χ2v) is 4.51. The van der Waals surface area contributed by atoms with E-state index in [1.54, 1.807) is 0 Å². The SMILES string of the molecule is C=C(N)C(C)COCC(C)(C)CC. The van der Waals surface area contributed by atoms with E-state index in [0.717, 1.165) is 13.0 Å². The van der Waals surface area contributed by atoms with Crippen molar-refractivity contribution in [2.24, 2.45) is 17.1 Å². The van der Waals surface area contributed by atoms with Gasteiger partial charge in [0.15, 0.2) is 0 Å². The smallest absolute Gasteiger partial charge is 0.0546 e. The summed E-state index contributed by atoms with van der Waals surface area (Å²) in [4.78, 5) is 0. The molecule has 0 aromatic carbocycles. The average Bonchev–Trinajstić information content (AvgIpc) is 2.04. The molecule has 0 spiro atoms. The van der Waals surface area contributed by atoms with E-state index >= 15 is 0 Å². The molecule has 0 amide bonds. The Morgan fingerprint density at radius 1 is 1.54 bits per heavy atom. The van der Waals surface area contributed by atoms with Gasteiger partial charge in [0.25, 0.3) is 0 Å². The minimum Gasteiger partial charge on any atom is -0.402 e. The molecule has 0 aliphatic carbocycles. The van der Waals surface area contributed by atoms with Crippen LogP contribution in [0, 0.1) is 11.3 Å². The van der Waals surface area contributed by atoms with E-state index in [2.05, 4.69) is 27.4 Å². The zero-order chi connectivity index (χ0) is 10.5. The normalized spacial score (nSPS) is 14.2. The van der Waals surface area contributed by atoms with Crippen LogP contribution in [-0.2, 0) is 4.74 Å². The van der Waals surface area contributed by atoms with Crippen molar-refractivity contribution >= 4 is 0 Å². The minimum atomic E-state index is 0.257. The summed E-state index contributed by atoms with van der Waals surface area (Å²) in [6, 6.07) is 0. The van der Waals surface area contributed by atoms with Crippen molar-refractivity contribution in [2.75, 3.05) is 13.2 Å². The van der Waals surface area contributed by atoms with Crippen LogP contribution in [-0.4, -0.2) is 13.2 Å². The monoisotopic (exact) mass is 185 g/mol. The van der Waals surface area contributed by atoms with Gasteiger partial charge in [-0.15, -0.1) is 0 Å². The first-order valence-corrected chi connectivity index (χ1v) is 4.91. The Labute approximate surface area is 82.2 Å². The largest absolute Gasteiger partial charge is 0.402 e. The molecular formula is C11H23NO. The van der Waals surface area contributed by atoms with Crippen LogP contribution in [0.4, 0.5) is 0 Å². The molecule has 0 aliphatic rings. The summed E-state index contributed by atoms with van der Waals surface area (Å²) in [5.74, 6) is 0.257. The first-order valence-electron chi connectivity index (χ1n) is 4.91. The van der Waals surface area contributed by atoms with Gasteiger partial charge in [0.1, 0.15) is 0 Å². The maximum absolute atomic E-state index is 5.57. The Morgan fingerprint density at radius 2 is 2.08 bits per heavy atom. The third-order valence-electron chi connectivity index (χ3n) is 2.45. The van der Waals surface area contributed by atoms with Crippen molar-refractivity contribution in [1.29, 1.82) is 0 Å². The summed E-state index contributed by atoms with van der Waals surface area (Å²) < 4.78 is 5.57. The van der Waals surface area contributed by atoms with E-state index in [1.807, 2.05) is 6.92 Å². The predicted molar refractivity (Wildman–Crippen MR) is 57.4 cm³/mol. The molecule has 0 rings (SSSR count). The molecule has 78 valence electrons. The summed E-state index contributed by atoms with van der Waals surface area (Å²) in [5.41, 5.74) is 6.52. The molecule has 0 saturated heterocycles. The van der Waals surface area contributed by atoms with Crippen LogP contribution in [0.15, 0.2) is 12.3 Å². The Balaban J connectivity index is 3.62. The van der Waals surface area contributed by atoms with Gasteiger partial charge >= 0.3 is 0 Å². The summed E-state index contributed by atoms with van der Waals surface area (Å²) in [6.07, 6.45) is 1.13. The van der Waals surface area contributed by atoms with Crippen LogP contribution in [0.5, 0.6) is 0 Å². The molecule has 13 heavy (non-hydrogen) atoms. The Kier molecular flexibility index (Phi) is 5.07. The van der Waals surface area contributed by atoms with Gasteiger partial charge in [-0.3, -0.25) is 0 Å². The molecule has 0 aliphatic heterocycles. The van der Waals surface area contributed by atoms with Crippen molar-refractivity contribution in [3.05, 3.63) is 12.3 Å². The van der Waals surface area contributed by atoms with E-state index in [1.165, 1.54) is 0 Å². The molecule has 2 nitrogen and oxygen atoms in total. The Hall–Kier alpha value is -0.500. The van der Waals surface area contributed by atoms with Crippen molar-refractivity contribution in [3.63, 3.8) is 0 Å². The summed E-state index contributed by atoms with van der Waals surface area (Å²) in [7, 11) is 0. The Bertz CT molecular complexity index is 163. The molecule has 0 saturated carbocycles. The van der Waals surface area contributed by atoms with Crippen LogP contribution in [0.25, 0.3) is 0 Å². The molecule has 2 heteroatoms. The van der Waals surface area contributed by atoms with Crippen molar-refractivity contribution in [2.45, 2.75) is 34.1 Å². The van der Waals surface area contributed by atoms with Crippen molar-refractivity contribution < 1.29 is 4.74 Å². The fourth-order valence-corrected chi connectivity index (χ4v) is 0.721. The molecular weight excluding hydrogens is 162 g/mol. The third kappa shape index (κ3) is 5.69. The average molecular weight is 185 g/mol. The molecule has 0 fully saturated rings. The van der Waals surface area contributed by atoms with Gasteiger partial charge in [0, 0.05) is 11.6 Å². The van der Waals surface area contributed by atoms with Crippen LogP contribution in [0.1, 0.15) is 34.1 Å². The molecule has 1 atom stereocenters. The lowest BCUT2D eigenvalue weighted by molar-refractivity contribution is 0.0475. The fourth-order valence-electron chi connectivity index (χ4n) is 0.721. The standard InChI is InChI=1S/C11H23NO/c1-6-11(4,5)8-13-7-9(2)10(3)12/h9H,3,6-8,12H2,1-2,4-5H3. The highest BCUT2D eigenvalue weighted by Gasteiger charge is 2.15. The molecule has 0 heterocycles. The second kappa shape index (κ2) is 5.28. The van der Waals surface area contributed by atoms with E-state index in [0.29, 0.717) is 12.3 Å². The topological polar surface area (TPSA) is 35.2 Å². The lowest BCUT2D eigenvalue weighted by Crippen LogP contribution is -2.21. The molecule has 0 radical (unpaired) electrons. The Morgan fingerprint density at radius 3 is 2.46 bits per heavy atom. The third-order valence-corrected chi connectivity index (χ3v) is 2.45. The summed E-state index contributed by atoms with van der Waals surface area (Å²) in [6.45, 7) is 13.8. The lowest BCUT2D eigenvalue weighted by atomic mass is 9.92. The number of hydrogen-bond acceptors (Lipinski definition) is 2. The maximum atomic E-state index is 5.57. The number of nitrogens with two attached hydrogens (primary N) is 1. The molecule has 0 aromatic heterocycles. The quantitative estimate of drug-likeness (QED) is 0.690. The first-order chi connectivity index (χ1) is 5.89. The zero-order valence-corrected chi connectivity index (χ0v) is 9.39. The first kappa shape index (κ1) is 12.5. The van der Waals surface area contributed by atoms with Gasteiger partial charge in [-0.2, -0.15) is 0 Å². The van der Waals surface area contributed by atoms with Crippen LogP contribution in [0.2, 0.25) is 0 Å². The highest BCUT2D eigenvalue weighted by atomic mass is 16.5. The number of hydrogen-bond donors (Lipinski definition) is 1. The van der Waals surface area contributed by atoms with Crippen LogP contribution >= 0.6 is 0 Å². The van der Waals surface area contributed by atoms with Crippen LogP contribution < -0.4 is 5.73 Å². The van der Waals surface area contributed by atoms with Crippen molar-refractivity contribution in [3.8, 4) is 0 Å². The minimum absolute atomic E-state index is 0.257. The van der Waals surface area contributed by atoms with E-state index in [-0.39, 0.29) is 11.3 Å². The lowest BCUT2D eigenvalue weighted by Gasteiger charge is -2.23. The van der Waals surface area contributed by atoms with Gasteiger partial charge in [0.2, 0.25) is 0 Å². The van der Waals surface area contributed by atoms with E-state index in [9.17, 15) is 0 Å². The van der Waals surface area contributed by atoms with E-state index < -0.39 is 0 Å². The number of ether oxygens (including phenoxy) is 1. The highest BCUT2D eigenvalue weighted by Crippen LogP contribution is 2.20. The second-order valence-electron chi connectivity index (χ2n) is 4.51. The van der Waals surface area contributed by atoms with Crippen LogP contribution in [0.3, 0.4) is 0 Å². The highest BCUT2D eigenvalue weighted by molar-refractivity contribution is 4.91. The predicted octanol–water partition coefficient (Wildman–Crippen LogP) is 2.55. The van der Waals surface area contributed by atoms with Gasteiger partial charge < -0.3 is 10.5 Å². The van der Waals surface area contributed by atoms with Crippen molar-refractivity contribution in [1.82, 2.24) is 0 Å². The van der Waals surface area contributed by atoms with E-state index in [4.69, 9.17) is 10.5 Å². The number of rotatable bonds is 6. The molecule has 1 unspecified atom stereocenters. The summed E-state index contributed by atoms with van der Waals surface area (Å²) in [5, 5.41) is 0. The maximum Gasteiger partial charge on any atom is 0.0546 e. The van der Waals surface area contributed by atoms with Gasteiger partial charge in [0.05, 0.1) is 13.2 Å². The van der Waals surface area contributed by atoms with Gasteiger partial charge in [-0.1, -0.05) is 34.3 Å². The molecule has 2 N–H and O–H groups in total. The van der Waals surface area contributed by atoms with Gasteiger partial charge in [-0.05, 0) is 11.8 Å². The summed E-state index contributed by atoms with van der Waals surface area (Å²) >= 11 is 0. The molecule has 0 bridgehead atoms.